The van der Waals surface area contributed by atoms with Crippen molar-refractivity contribution in [2.24, 2.45) is 0 Å². The Morgan fingerprint density at radius 1 is 0.268 bits per heavy atom. The van der Waals surface area contributed by atoms with Gasteiger partial charge in [-0.25, -0.2) is 15.0 Å². The van der Waals surface area contributed by atoms with E-state index in [4.69, 9.17) is 15.0 Å². The van der Waals surface area contributed by atoms with Crippen molar-refractivity contribution in [3.63, 3.8) is 0 Å². The Morgan fingerprint density at radius 2 is 0.696 bits per heavy atom. The van der Waals surface area contributed by atoms with Gasteiger partial charge in [0.1, 0.15) is 0 Å². The summed E-state index contributed by atoms with van der Waals surface area (Å²) in [7, 11) is 0. The van der Waals surface area contributed by atoms with Crippen molar-refractivity contribution in [3.8, 4) is 67.5 Å². The molecular formula is C51H33N5. The van der Waals surface area contributed by atoms with Gasteiger partial charge in [0, 0.05) is 53.3 Å². The Bertz CT molecular complexity index is 2890. The van der Waals surface area contributed by atoms with E-state index in [0.29, 0.717) is 17.5 Å². The maximum Gasteiger partial charge on any atom is 0.164 e. The molecular weight excluding hydrogens is 683 g/mol. The van der Waals surface area contributed by atoms with Crippen molar-refractivity contribution >= 4 is 0 Å². The molecule has 6 aromatic carbocycles. The lowest BCUT2D eigenvalue weighted by Crippen LogP contribution is -2.27. The van der Waals surface area contributed by atoms with Crippen LogP contribution in [0.15, 0.2) is 189 Å². The quantitative estimate of drug-likeness (QED) is 0.171. The van der Waals surface area contributed by atoms with Crippen LogP contribution in [0.2, 0.25) is 0 Å². The summed E-state index contributed by atoms with van der Waals surface area (Å²) in [5.41, 5.74) is 18.0. The van der Waals surface area contributed by atoms with Crippen LogP contribution < -0.4 is 0 Å². The van der Waals surface area contributed by atoms with Crippen LogP contribution >= 0.6 is 0 Å². The first-order valence-electron chi connectivity index (χ1n) is 19.0. The SMILES string of the molecule is c1ccc(-c2ccc(-c3nc(-c4ccncc4)nc(-c4ccc5c(c4)C4c6ccccc6C5c5cc(-c6ccc(-c7cccnc7)cc6)ccc54)n3)cc2)cc1. The van der Waals surface area contributed by atoms with Gasteiger partial charge < -0.3 is 0 Å². The molecule has 0 saturated heterocycles. The third kappa shape index (κ3) is 5.44. The molecule has 0 fully saturated rings. The second-order valence-electron chi connectivity index (χ2n) is 14.5. The fourth-order valence-electron chi connectivity index (χ4n) is 8.63. The minimum absolute atomic E-state index is 0.106. The molecule has 0 radical (unpaired) electrons. The zero-order chi connectivity index (χ0) is 37.0. The van der Waals surface area contributed by atoms with E-state index in [1.165, 1.54) is 50.1 Å². The smallest absolute Gasteiger partial charge is 0.164 e. The molecule has 3 aliphatic carbocycles. The van der Waals surface area contributed by atoms with Crippen LogP contribution in [-0.2, 0) is 0 Å². The predicted octanol–water partition coefficient (Wildman–Crippen LogP) is 11.7. The van der Waals surface area contributed by atoms with Crippen LogP contribution in [-0.4, -0.2) is 24.9 Å². The molecule has 3 heterocycles. The Balaban J connectivity index is 0.997. The topological polar surface area (TPSA) is 64.5 Å². The highest BCUT2D eigenvalue weighted by Crippen LogP contribution is 2.56. The molecule has 2 unspecified atom stereocenters. The van der Waals surface area contributed by atoms with Crippen LogP contribution in [0, 0.1) is 0 Å². The lowest BCUT2D eigenvalue weighted by atomic mass is 9.60. The van der Waals surface area contributed by atoms with Crippen LogP contribution in [0.5, 0.6) is 0 Å². The first-order chi connectivity index (χ1) is 27.7. The summed E-state index contributed by atoms with van der Waals surface area (Å²) in [4.78, 5) is 23.7. The molecule has 2 bridgehead atoms. The number of aromatic nitrogens is 5. The molecule has 3 aromatic heterocycles. The molecule has 262 valence electrons. The number of nitrogens with zero attached hydrogens (tertiary/aromatic N) is 5. The summed E-state index contributed by atoms with van der Waals surface area (Å²) < 4.78 is 0. The van der Waals surface area contributed by atoms with E-state index in [0.717, 1.165) is 33.4 Å². The first-order valence-corrected chi connectivity index (χ1v) is 19.0. The second-order valence-corrected chi connectivity index (χ2v) is 14.5. The summed E-state index contributed by atoms with van der Waals surface area (Å²) in [6.07, 6.45) is 7.28. The molecule has 56 heavy (non-hydrogen) atoms. The molecule has 0 aliphatic heterocycles. The third-order valence-electron chi connectivity index (χ3n) is 11.3. The standard InChI is InChI=1S/C51H33N5/c1-2-7-32(8-3-1)33-16-18-36(19-17-33)49-54-50(37-24-27-52-28-25-37)56-51(55-49)39-21-23-44-46(30-39)48-42-11-5-4-10-41(42)47(44)45-29-38(20-22-43(45)48)34-12-14-35(15-13-34)40-9-6-26-53-31-40/h1-31,47-48H. The molecule has 12 rings (SSSR count). The van der Waals surface area contributed by atoms with E-state index >= 15 is 0 Å². The highest BCUT2D eigenvalue weighted by Gasteiger charge is 2.41. The highest BCUT2D eigenvalue weighted by molar-refractivity contribution is 5.77. The monoisotopic (exact) mass is 715 g/mol. The lowest BCUT2D eigenvalue weighted by molar-refractivity contribution is 0.755. The van der Waals surface area contributed by atoms with Crippen molar-refractivity contribution in [1.82, 2.24) is 24.9 Å². The van der Waals surface area contributed by atoms with Crippen LogP contribution in [0.3, 0.4) is 0 Å². The first kappa shape index (κ1) is 32.1. The van der Waals surface area contributed by atoms with Gasteiger partial charge in [-0.1, -0.05) is 133 Å². The Kier molecular flexibility index (Phi) is 7.56. The lowest BCUT2D eigenvalue weighted by Gasteiger charge is -2.42. The number of hydrogen-bond donors (Lipinski definition) is 0. The third-order valence-corrected chi connectivity index (χ3v) is 11.3. The summed E-state index contributed by atoms with van der Waals surface area (Å²) in [6, 6.07) is 58.5. The molecule has 0 N–H and O–H groups in total. The number of pyridine rings is 2. The fourth-order valence-corrected chi connectivity index (χ4v) is 8.63. The van der Waals surface area contributed by atoms with E-state index in [1.54, 1.807) is 12.4 Å². The molecule has 3 aliphatic rings. The van der Waals surface area contributed by atoms with Gasteiger partial charge in [0.05, 0.1) is 0 Å². The molecule has 2 atom stereocenters. The van der Waals surface area contributed by atoms with E-state index < -0.39 is 0 Å². The molecule has 5 nitrogen and oxygen atoms in total. The van der Waals surface area contributed by atoms with Gasteiger partial charge in [-0.05, 0) is 97.1 Å². The summed E-state index contributed by atoms with van der Waals surface area (Å²) in [6.45, 7) is 0. The van der Waals surface area contributed by atoms with Crippen molar-refractivity contribution in [1.29, 1.82) is 0 Å². The van der Waals surface area contributed by atoms with Crippen molar-refractivity contribution in [2.75, 3.05) is 0 Å². The largest absolute Gasteiger partial charge is 0.265 e. The van der Waals surface area contributed by atoms with Crippen molar-refractivity contribution in [3.05, 3.63) is 222 Å². The maximum absolute atomic E-state index is 5.13. The van der Waals surface area contributed by atoms with E-state index in [-0.39, 0.29) is 11.8 Å². The van der Waals surface area contributed by atoms with Gasteiger partial charge in [-0.15, -0.1) is 0 Å². The van der Waals surface area contributed by atoms with Gasteiger partial charge in [0.25, 0.3) is 0 Å². The average Bonchev–Trinajstić information content (AvgIpc) is 3.29. The molecule has 9 aromatic rings. The van der Waals surface area contributed by atoms with Crippen molar-refractivity contribution in [2.45, 2.75) is 11.8 Å². The predicted molar refractivity (Wildman–Crippen MR) is 223 cm³/mol. The molecule has 5 heteroatoms. The zero-order valence-corrected chi connectivity index (χ0v) is 30.3. The Hall–Kier alpha value is -7.37. The van der Waals surface area contributed by atoms with E-state index in [2.05, 4.69) is 149 Å². The van der Waals surface area contributed by atoms with Crippen LogP contribution in [0.25, 0.3) is 67.5 Å². The Morgan fingerprint density at radius 3 is 1.30 bits per heavy atom. The zero-order valence-electron chi connectivity index (χ0n) is 30.3. The Labute approximate surface area is 325 Å². The van der Waals surface area contributed by atoms with Gasteiger partial charge in [0.15, 0.2) is 17.5 Å². The summed E-state index contributed by atoms with van der Waals surface area (Å²) >= 11 is 0. The van der Waals surface area contributed by atoms with Crippen molar-refractivity contribution < 1.29 is 0 Å². The summed E-state index contributed by atoms with van der Waals surface area (Å²) in [5.74, 6) is 2.15. The van der Waals surface area contributed by atoms with Gasteiger partial charge >= 0.3 is 0 Å². The van der Waals surface area contributed by atoms with E-state index in [9.17, 15) is 0 Å². The normalized spacial score (nSPS) is 14.8. The molecule has 0 amide bonds. The molecule has 0 spiro atoms. The second kappa shape index (κ2) is 13.2. The number of hydrogen-bond acceptors (Lipinski definition) is 5. The van der Waals surface area contributed by atoms with Gasteiger partial charge in [-0.3, -0.25) is 9.97 Å². The minimum atomic E-state index is 0.106. The highest BCUT2D eigenvalue weighted by atomic mass is 15.0. The van der Waals surface area contributed by atoms with Crippen LogP contribution in [0.1, 0.15) is 45.2 Å². The van der Waals surface area contributed by atoms with Crippen LogP contribution in [0.4, 0.5) is 0 Å². The molecule has 0 saturated carbocycles. The fraction of sp³-hybridized carbons (Fsp3) is 0.0392. The van der Waals surface area contributed by atoms with E-state index in [1.807, 2.05) is 36.7 Å². The number of benzene rings is 6. The summed E-state index contributed by atoms with van der Waals surface area (Å²) in [5, 5.41) is 0. The number of rotatable bonds is 6. The maximum atomic E-state index is 5.13. The average molecular weight is 716 g/mol. The minimum Gasteiger partial charge on any atom is -0.265 e. The van der Waals surface area contributed by atoms with Gasteiger partial charge in [0.2, 0.25) is 0 Å². The van der Waals surface area contributed by atoms with Gasteiger partial charge in [-0.2, -0.15) is 0 Å².